The molecule has 2 unspecified atom stereocenters. The van der Waals surface area contributed by atoms with Crippen LogP contribution in [0.25, 0.3) is 0 Å². The number of carbonyl (C=O) groups excluding carboxylic acids is 3. The summed E-state index contributed by atoms with van der Waals surface area (Å²) in [6.07, 6.45) is 0.745. The number of hydrogen-bond acceptors (Lipinski definition) is 9. The van der Waals surface area contributed by atoms with Gasteiger partial charge in [0.25, 0.3) is 0 Å². The number of nitrogens with zero attached hydrogens (tertiary/aromatic N) is 2. The molecule has 0 aromatic heterocycles. The van der Waals surface area contributed by atoms with Gasteiger partial charge in [0.1, 0.15) is 0 Å². The van der Waals surface area contributed by atoms with E-state index < -0.39 is 0 Å². The maximum Gasteiger partial charge on any atom is 0.306 e. The zero-order valence-corrected chi connectivity index (χ0v) is 17.2. The van der Waals surface area contributed by atoms with E-state index in [1.165, 1.54) is 21.3 Å². The summed E-state index contributed by atoms with van der Waals surface area (Å²) in [7, 11) is 4.06. The standard InChI is InChI=1S/C18H35N3O6/c1-14(19)12-20(9-6-16(22)25-3)13-15(2)21(10-7-17(23)26-4)11-8-18(24)27-5/h14-15H,6-13,19H2,1-5H3. The van der Waals surface area contributed by atoms with E-state index in [0.717, 1.165) is 0 Å². The van der Waals surface area contributed by atoms with Crippen LogP contribution in [0.3, 0.4) is 0 Å². The van der Waals surface area contributed by atoms with Crippen LogP contribution < -0.4 is 5.73 Å². The van der Waals surface area contributed by atoms with Crippen LogP contribution >= 0.6 is 0 Å². The molecule has 0 bridgehead atoms. The zero-order valence-electron chi connectivity index (χ0n) is 17.2. The molecule has 0 amide bonds. The first-order valence-electron chi connectivity index (χ1n) is 9.15. The van der Waals surface area contributed by atoms with Crippen molar-refractivity contribution in [1.82, 2.24) is 9.80 Å². The Bertz CT molecular complexity index is 438. The largest absolute Gasteiger partial charge is 0.469 e. The molecule has 2 atom stereocenters. The van der Waals surface area contributed by atoms with Gasteiger partial charge in [0.2, 0.25) is 0 Å². The maximum absolute atomic E-state index is 11.5. The topological polar surface area (TPSA) is 111 Å². The van der Waals surface area contributed by atoms with E-state index in [4.69, 9.17) is 19.9 Å². The number of esters is 3. The second-order valence-electron chi connectivity index (χ2n) is 6.60. The average Bonchev–Trinajstić information content (AvgIpc) is 2.64. The minimum Gasteiger partial charge on any atom is -0.469 e. The first-order chi connectivity index (χ1) is 12.7. The van der Waals surface area contributed by atoms with Crippen molar-refractivity contribution in [2.24, 2.45) is 5.73 Å². The van der Waals surface area contributed by atoms with Gasteiger partial charge < -0.3 is 19.9 Å². The number of rotatable bonds is 14. The van der Waals surface area contributed by atoms with Crippen LogP contribution in [-0.4, -0.2) is 93.8 Å². The predicted molar refractivity (Wildman–Crippen MR) is 101 cm³/mol. The SMILES string of the molecule is COC(=O)CCN(CC(C)N)CC(C)N(CCC(=O)OC)CCC(=O)OC. The lowest BCUT2D eigenvalue weighted by Crippen LogP contribution is -2.47. The lowest BCUT2D eigenvalue weighted by molar-refractivity contribution is -0.142. The molecule has 0 aliphatic carbocycles. The Morgan fingerprint density at radius 3 is 1.56 bits per heavy atom. The number of carbonyl (C=O) groups is 3. The molecule has 0 saturated carbocycles. The molecule has 0 rings (SSSR count). The summed E-state index contributed by atoms with van der Waals surface area (Å²) in [5.41, 5.74) is 5.92. The Morgan fingerprint density at radius 2 is 1.19 bits per heavy atom. The molecule has 0 saturated heterocycles. The summed E-state index contributed by atoms with van der Waals surface area (Å²) in [6.45, 7) is 6.65. The number of methoxy groups -OCH3 is 3. The molecule has 0 aromatic rings. The van der Waals surface area contributed by atoms with Crippen LogP contribution in [0.4, 0.5) is 0 Å². The van der Waals surface area contributed by atoms with Gasteiger partial charge in [0, 0.05) is 44.8 Å². The number of hydrogen-bond donors (Lipinski definition) is 1. The lowest BCUT2D eigenvalue weighted by atomic mass is 10.2. The van der Waals surface area contributed by atoms with Crippen LogP contribution in [0.2, 0.25) is 0 Å². The highest BCUT2D eigenvalue weighted by Crippen LogP contribution is 2.08. The summed E-state index contributed by atoms with van der Waals surface area (Å²) in [5.74, 6) is -0.877. The fourth-order valence-electron chi connectivity index (χ4n) is 2.73. The lowest BCUT2D eigenvalue weighted by Gasteiger charge is -2.33. The van der Waals surface area contributed by atoms with Crippen LogP contribution in [0.1, 0.15) is 33.1 Å². The monoisotopic (exact) mass is 389 g/mol. The van der Waals surface area contributed by atoms with Crippen molar-refractivity contribution >= 4 is 17.9 Å². The molecule has 0 radical (unpaired) electrons. The molecular formula is C18H35N3O6. The molecule has 27 heavy (non-hydrogen) atoms. The van der Waals surface area contributed by atoms with Crippen molar-refractivity contribution in [3.8, 4) is 0 Å². The van der Waals surface area contributed by atoms with Gasteiger partial charge in [0.05, 0.1) is 40.6 Å². The normalized spacial score (nSPS) is 13.3. The summed E-state index contributed by atoms with van der Waals surface area (Å²) < 4.78 is 14.1. The highest BCUT2D eigenvalue weighted by atomic mass is 16.5. The van der Waals surface area contributed by atoms with Crippen molar-refractivity contribution in [3.05, 3.63) is 0 Å². The fourth-order valence-corrected chi connectivity index (χ4v) is 2.73. The van der Waals surface area contributed by atoms with Crippen molar-refractivity contribution < 1.29 is 28.6 Å². The molecule has 158 valence electrons. The number of nitrogens with two attached hydrogens (primary N) is 1. The molecule has 9 nitrogen and oxygen atoms in total. The third-order valence-corrected chi connectivity index (χ3v) is 4.21. The van der Waals surface area contributed by atoms with E-state index in [0.29, 0.717) is 32.7 Å². The minimum atomic E-state index is -0.302. The van der Waals surface area contributed by atoms with Gasteiger partial charge in [-0.1, -0.05) is 0 Å². The molecule has 0 fully saturated rings. The minimum absolute atomic E-state index is 0.0377. The van der Waals surface area contributed by atoms with Crippen molar-refractivity contribution in [2.75, 3.05) is 54.1 Å². The fraction of sp³-hybridized carbons (Fsp3) is 0.833. The van der Waals surface area contributed by atoms with Crippen molar-refractivity contribution in [2.45, 2.75) is 45.2 Å². The van der Waals surface area contributed by atoms with E-state index in [1.807, 2.05) is 18.7 Å². The van der Waals surface area contributed by atoms with E-state index >= 15 is 0 Å². The summed E-state index contributed by atoms with van der Waals surface area (Å²) in [4.78, 5) is 38.6. The van der Waals surface area contributed by atoms with Gasteiger partial charge in [-0.3, -0.25) is 24.2 Å². The molecule has 9 heteroatoms. The third-order valence-electron chi connectivity index (χ3n) is 4.21. The number of ether oxygens (including phenoxy) is 3. The van der Waals surface area contributed by atoms with Gasteiger partial charge in [-0.25, -0.2) is 0 Å². The van der Waals surface area contributed by atoms with Gasteiger partial charge in [-0.15, -0.1) is 0 Å². The van der Waals surface area contributed by atoms with E-state index in [9.17, 15) is 14.4 Å². The summed E-state index contributed by atoms with van der Waals surface area (Å²) in [6, 6.07) is -0.0101. The first kappa shape index (κ1) is 25.3. The van der Waals surface area contributed by atoms with Gasteiger partial charge >= 0.3 is 17.9 Å². The Hall–Kier alpha value is -1.71. The quantitative estimate of drug-likeness (QED) is 0.324. The first-order valence-corrected chi connectivity index (χ1v) is 9.15. The Balaban J connectivity index is 4.91. The van der Waals surface area contributed by atoms with Gasteiger partial charge in [0.15, 0.2) is 0 Å². The van der Waals surface area contributed by atoms with E-state index in [-0.39, 0.29) is 49.3 Å². The summed E-state index contributed by atoms with van der Waals surface area (Å²) in [5, 5.41) is 0. The van der Waals surface area contributed by atoms with E-state index in [1.54, 1.807) is 0 Å². The molecule has 0 aromatic carbocycles. The van der Waals surface area contributed by atoms with Gasteiger partial charge in [-0.05, 0) is 13.8 Å². The maximum atomic E-state index is 11.5. The molecule has 0 aliphatic rings. The van der Waals surface area contributed by atoms with Crippen LogP contribution in [0.5, 0.6) is 0 Å². The second kappa shape index (κ2) is 14.4. The molecule has 0 spiro atoms. The van der Waals surface area contributed by atoms with Crippen molar-refractivity contribution in [3.63, 3.8) is 0 Å². The highest BCUT2D eigenvalue weighted by Gasteiger charge is 2.21. The molecule has 0 heterocycles. The van der Waals surface area contributed by atoms with Gasteiger partial charge in [-0.2, -0.15) is 0 Å². The molecule has 0 aliphatic heterocycles. The zero-order chi connectivity index (χ0) is 20.8. The average molecular weight is 389 g/mol. The molecular weight excluding hydrogens is 354 g/mol. The predicted octanol–water partition coefficient (Wildman–Crippen LogP) is 0.0154. The van der Waals surface area contributed by atoms with Crippen LogP contribution in [0.15, 0.2) is 0 Å². The van der Waals surface area contributed by atoms with Crippen LogP contribution in [0, 0.1) is 0 Å². The Kier molecular flexibility index (Phi) is 13.5. The Morgan fingerprint density at radius 1 is 0.778 bits per heavy atom. The van der Waals surface area contributed by atoms with E-state index in [2.05, 4.69) is 4.90 Å². The second-order valence-corrected chi connectivity index (χ2v) is 6.60. The van der Waals surface area contributed by atoms with Crippen LogP contribution in [-0.2, 0) is 28.6 Å². The summed E-state index contributed by atoms with van der Waals surface area (Å²) >= 11 is 0. The Labute approximate surface area is 162 Å². The third kappa shape index (κ3) is 12.3. The molecule has 2 N–H and O–H groups in total. The van der Waals surface area contributed by atoms with Crippen molar-refractivity contribution in [1.29, 1.82) is 0 Å². The smallest absolute Gasteiger partial charge is 0.306 e. The highest BCUT2D eigenvalue weighted by molar-refractivity contribution is 5.70.